The molecular formula is C20H22F2N6O. The van der Waals surface area contributed by atoms with Gasteiger partial charge in [0.15, 0.2) is 23.0 Å². The first-order valence-electron chi connectivity index (χ1n) is 9.84. The van der Waals surface area contributed by atoms with Crippen molar-refractivity contribution in [2.75, 3.05) is 25.5 Å². The first kappa shape index (κ1) is 18.2. The number of aromatic nitrogens is 4. The number of nitrogens with one attached hydrogen (secondary N) is 2. The zero-order valence-corrected chi connectivity index (χ0v) is 16.0. The molecular weight excluding hydrogens is 378 g/mol. The summed E-state index contributed by atoms with van der Waals surface area (Å²) in [5, 5.41) is 10.4. The number of methoxy groups -OCH3 is 1. The Kier molecular flexibility index (Phi) is 4.54. The Bertz CT molecular complexity index is 1050. The number of halogens is 2. The second kappa shape index (κ2) is 7.22. The van der Waals surface area contributed by atoms with Crippen molar-refractivity contribution < 1.29 is 13.5 Å². The van der Waals surface area contributed by atoms with Crippen molar-refractivity contribution in [1.82, 2.24) is 24.9 Å². The van der Waals surface area contributed by atoms with Crippen LogP contribution >= 0.6 is 0 Å². The highest BCUT2D eigenvalue weighted by atomic mass is 19.1. The largest absolute Gasteiger partial charge is 0.493 e. The number of fused-ring (bicyclic) bond motifs is 1. The van der Waals surface area contributed by atoms with Gasteiger partial charge in [-0.2, -0.15) is 5.10 Å². The molecule has 3 aromatic heterocycles. The van der Waals surface area contributed by atoms with Gasteiger partial charge in [-0.25, -0.2) is 23.3 Å². The molecule has 1 saturated heterocycles. The maximum atomic E-state index is 14.4. The average Bonchev–Trinajstić information content (AvgIpc) is 3.50. The van der Waals surface area contributed by atoms with Crippen LogP contribution in [0, 0.1) is 5.82 Å². The van der Waals surface area contributed by atoms with Crippen molar-refractivity contribution in [2.45, 2.75) is 37.4 Å². The molecule has 0 amide bonds. The molecule has 2 fully saturated rings. The Morgan fingerprint density at radius 1 is 1.24 bits per heavy atom. The summed E-state index contributed by atoms with van der Waals surface area (Å²) < 4.78 is 35.6. The second-order valence-electron chi connectivity index (χ2n) is 7.58. The molecule has 1 aliphatic carbocycles. The van der Waals surface area contributed by atoms with E-state index in [4.69, 9.17) is 9.72 Å². The molecule has 2 N–H and O–H groups in total. The first-order valence-corrected chi connectivity index (χ1v) is 9.84. The second-order valence-corrected chi connectivity index (χ2v) is 7.58. The van der Waals surface area contributed by atoms with E-state index in [0.717, 1.165) is 18.5 Å². The molecule has 0 spiro atoms. The van der Waals surface area contributed by atoms with Gasteiger partial charge in [-0.15, -0.1) is 0 Å². The third kappa shape index (κ3) is 3.39. The van der Waals surface area contributed by atoms with Gasteiger partial charge in [0.05, 0.1) is 42.5 Å². The van der Waals surface area contributed by atoms with Gasteiger partial charge in [0.1, 0.15) is 6.17 Å². The van der Waals surface area contributed by atoms with Crippen LogP contribution < -0.4 is 15.4 Å². The van der Waals surface area contributed by atoms with Crippen molar-refractivity contribution in [1.29, 1.82) is 0 Å². The fraction of sp³-hybridized carbons (Fsp3) is 0.450. The normalized spacial score (nSPS) is 22.0. The van der Waals surface area contributed by atoms with E-state index in [2.05, 4.69) is 20.7 Å². The van der Waals surface area contributed by atoms with Crippen LogP contribution in [0.25, 0.3) is 16.9 Å². The van der Waals surface area contributed by atoms with E-state index in [1.165, 1.54) is 6.07 Å². The predicted octanol–water partition coefficient (Wildman–Crippen LogP) is 2.93. The summed E-state index contributed by atoms with van der Waals surface area (Å²) in [6, 6.07) is 2.41. The Morgan fingerprint density at radius 2 is 2.10 bits per heavy atom. The van der Waals surface area contributed by atoms with E-state index >= 15 is 0 Å². The van der Waals surface area contributed by atoms with Gasteiger partial charge in [-0.3, -0.25) is 0 Å². The Labute approximate surface area is 166 Å². The van der Waals surface area contributed by atoms with Gasteiger partial charge in [-0.1, -0.05) is 0 Å². The summed E-state index contributed by atoms with van der Waals surface area (Å²) in [7, 11) is 1.62. The number of rotatable bonds is 5. The number of piperidine rings is 1. The lowest BCUT2D eigenvalue weighted by Crippen LogP contribution is -2.46. The molecule has 29 heavy (non-hydrogen) atoms. The van der Waals surface area contributed by atoms with E-state index in [0.29, 0.717) is 48.1 Å². The molecule has 0 aromatic carbocycles. The molecule has 1 unspecified atom stereocenters. The van der Waals surface area contributed by atoms with Crippen molar-refractivity contribution in [3.8, 4) is 17.0 Å². The molecule has 152 valence electrons. The van der Waals surface area contributed by atoms with Crippen LogP contribution in [0.1, 0.15) is 30.9 Å². The molecule has 7 nitrogen and oxygen atoms in total. The lowest BCUT2D eigenvalue weighted by atomic mass is 10.1. The third-order valence-electron chi connectivity index (χ3n) is 5.51. The molecule has 0 bridgehead atoms. The summed E-state index contributed by atoms with van der Waals surface area (Å²) in [4.78, 5) is 9.20. The minimum absolute atomic E-state index is 0.0362. The molecule has 4 heterocycles. The topological polar surface area (TPSA) is 76.4 Å². The summed E-state index contributed by atoms with van der Waals surface area (Å²) >= 11 is 0. The van der Waals surface area contributed by atoms with Gasteiger partial charge in [0.2, 0.25) is 0 Å². The van der Waals surface area contributed by atoms with Crippen molar-refractivity contribution in [3.63, 3.8) is 0 Å². The van der Waals surface area contributed by atoms with E-state index in [-0.39, 0.29) is 5.82 Å². The average molecular weight is 400 g/mol. The first-order chi connectivity index (χ1) is 14.1. The molecule has 5 rings (SSSR count). The van der Waals surface area contributed by atoms with E-state index in [1.54, 1.807) is 23.9 Å². The lowest BCUT2D eigenvalue weighted by molar-refractivity contribution is 0.240. The molecule has 1 aliphatic heterocycles. The van der Waals surface area contributed by atoms with Gasteiger partial charge in [-0.05, 0) is 37.9 Å². The highest BCUT2D eigenvalue weighted by molar-refractivity contribution is 5.75. The quantitative estimate of drug-likeness (QED) is 0.686. The fourth-order valence-corrected chi connectivity index (χ4v) is 3.73. The number of nitrogens with zero attached hydrogens (tertiary/aromatic N) is 4. The minimum Gasteiger partial charge on any atom is -0.493 e. The summed E-state index contributed by atoms with van der Waals surface area (Å²) in [6.07, 6.45) is 4.99. The van der Waals surface area contributed by atoms with Crippen LogP contribution in [0.4, 0.5) is 14.6 Å². The zero-order chi connectivity index (χ0) is 20.0. The Hall–Kier alpha value is -2.81. The van der Waals surface area contributed by atoms with Crippen molar-refractivity contribution in [3.05, 3.63) is 36.0 Å². The van der Waals surface area contributed by atoms with Gasteiger partial charge >= 0.3 is 0 Å². The van der Waals surface area contributed by atoms with E-state index < -0.39 is 18.0 Å². The van der Waals surface area contributed by atoms with Crippen LogP contribution in [-0.4, -0.2) is 52.0 Å². The lowest BCUT2D eigenvalue weighted by Gasteiger charge is -2.28. The molecule has 1 saturated carbocycles. The molecule has 2 atom stereocenters. The van der Waals surface area contributed by atoms with Gasteiger partial charge < -0.3 is 15.4 Å². The number of pyridine rings is 1. The standard InChI is InChI=1S/C20H22F2N6O/c1-29-17-10-28-20(27-18(17)11-2-3-11)12(8-24-28)15-5-4-14(22)19(25-15)26-16-9-23-7-6-13(16)21/h4-5,8,10-11,13,16,23H,2-3,6-7,9H2,1H3,(H,25,26)/t13-,16?/m0/s1. The molecule has 0 radical (unpaired) electrons. The Morgan fingerprint density at radius 3 is 2.86 bits per heavy atom. The number of ether oxygens (including phenoxy) is 1. The SMILES string of the molecule is COc1cn2ncc(-c3ccc(F)c(NC4CNCC[C@@H]4F)n3)c2nc1C1CC1. The number of hydrogen-bond acceptors (Lipinski definition) is 6. The molecule has 9 heteroatoms. The van der Waals surface area contributed by atoms with E-state index in [1.807, 2.05) is 6.20 Å². The maximum Gasteiger partial charge on any atom is 0.165 e. The fourth-order valence-electron chi connectivity index (χ4n) is 3.73. The van der Waals surface area contributed by atoms with Crippen molar-refractivity contribution in [2.24, 2.45) is 0 Å². The maximum absolute atomic E-state index is 14.4. The summed E-state index contributed by atoms with van der Waals surface area (Å²) in [6.45, 7) is 1.05. The Balaban J connectivity index is 1.52. The van der Waals surface area contributed by atoms with Crippen LogP contribution in [-0.2, 0) is 0 Å². The smallest absolute Gasteiger partial charge is 0.165 e. The van der Waals surface area contributed by atoms with Crippen LogP contribution in [0.2, 0.25) is 0 Å². The third-order valence-corrected chi connectivity index (χ3v) is 5.51. The van der Waals surface area contributed by atoms with E-state index in [9.17, 15) is 8.78 Å². The highest BCUT2D eigenvalue weighted by Gasteiger charge is 2.30. The minimum atomic E-state index is -1.05. The van der Waals surface area contributed by atoms with Crippen LogP contribution in [0.15, 0.2) is 24.5 Å². The number of alkyl halides is 1. The van der Waals surface area contributed by atoms with Gasteiger partial charge in [0.25, 0.3) is 0 Å². The molecule has 2 aliphatic rings. The number of hydrogen-bond donors (Lipinski definition) is 2. The monoisotopic (exact) mass is 400 g/mol. The molecule has 3 aromatic rings. The highest BCUT2D eigenvalue weighted by Crippen LogP contribution is 2.43. The van der Waals surface area contributed by atoms with Gasteiger partial charge in [0, 0.05) is 12.5 Å². The van der Waals surface area contributed by atoms with Crippen molar-refractivity contribution >= 4 is 11.5 Å². The number of anilines is 1. The summed E-state index contributed by atoms with van der Waals surface area (Å²) in [5.41, 5.74) is 2.77. The predicted molar refractivity (Wildman–Crippen MR) is 104 cm³/mol. The zero-order valence-electron chi connectivity index (χ0n) is 16.0. The van der Waals surface area contributed by atoms with Crippen LogP contribution in [0.3, 0.4) is 0 Å². The summed E-state index contributed by atoms with van der Waals surface area (Å²) in [5.74, 6) is 0.629. The van der Waals surface area contributed by atoms with Crippen LogP contribution in [0.5, 0.6) is 5.75 Å².